The highest BCUT2D eigenvalue weighted by atomic mass is 16.5. The summed E-state index contributed by atoms with van der Waals surface area (Å²) < 4.78 is 17.8. The molecule has 0 spiro atoms. The second-order valence-electron chi connectivity index (χ2n) is 13.5. The Bertz CT molecular complexity index is 1280. The number of rotatable bonds is 23. The van der Waals surface area contributed by atoms with Crippen LogP contribution in [0.2, 0.25) is 0 Å². The van der Waals surface area contributed by atoms with Gasteiger partial charge in [0.15, 0.2) is 5.78 Å². The fourth-order valence-electron chi connectivity index (χ4n) is 4.58. The molecule has 0 aliphatic rings. The molecule has 2 rings (SSSR count). The normalized spacial score (nSPS) is 11.8. The molecule has 0 unspecified atom stereocenters. The Balaban J connectivity index is 2.28. The Morgan fingerprint density at radius 3 is 1.38 bits per heavy atom. The van der Waals surface area contributed by atoms with E-state index >= 15 is 0 Å². The molecule has 0 aliphatic carbocycles. The molecule has 0 fully saturated rings. The molecule has 0 aliphatic heterocycles. The van der Waals surface area contributed by atoms with Crippen LogP contribution in [0.3, 0.4) is 0 Å². The van der Waals surface area contributed by atoms with Crippen molar-refractivity contribution in [2.45, 2.75) is 80.2 Å². The highest BCUT2D eigenvalue weighted by molar-refractivity contribution is 5.98. The molecule has 10 heteroatoms. The van der Waals surface area contributed by atoms with Crippen molar-refractivity contribution in [3.63, 3.8) is 0 Å². The van der Waals surface area contributed by atoms with Crippen LogP contribution in [-0.4, -0.2) is 79.2 Å². The van der Waals surface area contributed by atoms with E-state index in [1.54, 1.807) is 30.5 Å². The number of hydrogen-bond acceptors (Lipinski definition) is 9. The highest BCUT2D eigenvalue weighted by Crippen LogP contribution is 2.21. The first kappa shape index (κ1) is 40.6. The molecular weight excluding hydrogens is 612 g/mol. The number of ether oxygens (including phenoxy) is 3. The number of hydrogen-bond donors (Lipinski definition) is 1. The van der Waals surface area contributed by atoms with E-state index in [-0.39, 0.29) is 111 Å². The quantitative estimate of drug-likeness (QED) is 0.113. The predicted molar refractivity (Wildman–Crippen MR) is 185 cm³/mol. The summed E-state index contributed by atoms with van der Waals surface area (Å²) in [5, 5.41) is 3.00. The summed E-state index contributed by atoms with van der Waals surface area (Å²) in [4.78, 5) is 67.0. The van der Waals surface area contributed by atoms with Crippen LogP contribution in [0.15, 0.2) is 42.6 Å². The molecule has 1 aromatic carbocycles. The second kappa shape index (κ2) is 20.0. The maximum absolute atomic E-state index is 13.6. The maximum Gasteiger partial charge on any atom is 0.270 e. The predicted octanol–water partition coefficient (Wildman–Crippen LogP) is 5.95. The van der Waals surface area contributed by atoms with Gasteiger partial charge in [-0.25, -0.2) is 0 Å². The van der Waals surface area contributed by atoms with Crippen LogP contribution in [0.4, 0.5) is 0 Å². The summed E-state index contributed by atoms with van der Waals surface area (Å²) in [5.41, 5.74) is 1.20. The molecule has 1 aromatic heterocycles. The lowest BCUT2D eigenvalue weighted by Crippen LogP contribution is -2.59. The Hall–Kier alpha value is -3.60. The summed E-state index contributed by atoms with van der Waals surface area (Å²) in [6.07, 6.45) is 2.23. The minimum absolute atomic E-state index is 0.0418. The lowest BCUT2D eigenvalue weighted by molar-refractivity contribution is -0.123. The minimum atomic E-state index is -1.21. The summed E-state index contributed by atoms with van der Waals surface area (Å²) in [7, 11) is 0. The zero-order valence-corrected chi connectivity index (χ0v) is 29.9. The van der Waals surface area contributed by atoms with E-state index in [4.69, 9.17) is 14.2 Å². The first-order chi connectivity index (χ1) is 22.7. The number of carbonyl (C=O) groups excluding carboxylic acids is 5. The van der Waals surface area contributed by atoms with Gasteiger partial charge in [-0.3, -0.25) is 29.0 Å². The Morgan fingerprint density at radius 1 is 0.604 bits per heavy atom. The van der Waals surface area contributed by atoms with Gasteiger partial charge in [-0.05, 0) is 11.6 Å². The fourth-order valence-corrected chi connectivity index (χ4v) is 4.58. The summed E-state index contributed by atoms with van der Waals surface area (Å²) in [6.45, 7) is 15.0. The van der Waals surface area contributed by atoms with Crippen molar-refractivity contribution in [1.29, 1.82) is 0 Å². The standard InChI is InChI=1S/C38H54N2O8/c1-25(2)33(41)15-18-46-22-38(23-47-19-16-34(42)26(3)4,24-48-20-17-35(43)27(5)6)40-37(45)32-14-13-31(21-39-32)29-9-11-30(12-10-29)36(44)28(7)8/h9-14,21,25-28H,15-20,22-24H2,1-8H3,(H,40,45). The number of ketones is 4. The number of carbonyl (C=O) groups is 5. The number of nitrogens with one attached hydrogen (secondary N) is 1. The monoisotopic (exact) mass is 666 g/mol. The molecular formula is C38H54N2O8. The molecule has 2 aromatic rings. The van der Waals surface area contributed by atoms with Crippen molar-refractivity contribution in [3.8, 4) is 11.1 Å². The van der Waals surface area contributed by atoms with E-state index in [1.165, 1.54) is 0 Å². The number of aromatic nitrogens is 1. The summed E-state index contributed by atoms with van der Waals surface area (Å²) >= 11 is 0. The first-order valence-electron chi connectivity index (χ1n) is 16.9. The lowest BCUT2D eigenvalue weighted by Gasteiger charge is -2.34. The number of amides is 1. The third kappa shape index (κ3) is 13.5. The second-order valence-corrected chi connectivity index (χ2v) is 13.5. The van der Waals surface area contributed by atoms with Gasteiger partial charge in [0.1, 0.15) is 28.6 Å². The average Bonchev–Trinajstić information content (AvgIpc) is 3.06. The van der Waals surface area contributed by atoms with Gasteiger partial charge in [0.05, 0.1) is 39.6 Å². The SMILES string of the molecule is CC(C)C(=O)CCOCC(COCCC(=O)C(C)C)(COCCC(=O)C(C)C)NC(=O)c1ccc(-c2ccc(C(=O)C(C)C)cc2)cn1. The molecule has 1 N–H and O–H groups in total. The topological polar surface area (TPSA) is 138 Å². The van der Waals surface area contributed by atoms with Gasteiger partial charge < -0.3 is 19.5 Å². The molecule has 48 heavy (non-hydrogen) atoms. The van der Waals surface area contributed by atoms with Crippen LogP contribution in [0.5, 0.6) is 0 Å². The molecule has 0 atom stereocenters. The van der Waals surface area contributed by atoms with E-state index in [0.29, 0.717) is 5.56 Å². The molecule has 264 valence electrons. The van der Waals surface area contributed by atoms with E-state index in [2.05, 4.69) is 10.3 Å². The van der Waals surface area contributed by atoms with E-state index in [1.807, 2.05) is 67.5 Å². The van der Waals surface area contributed by atoms with Crippen molar-refractivity contribution < 1.29 is 38.2 Å². The molecule has 1 amide bonds. The third-order valence-electron chi connectivity index (χ3n) is 7.95. The van der Waals surface area contributed by atoms with E-state index < -0.39 is 11.4 Å². The van der Waals surface area contributed by atoms with Crippen LogP contribution in [0.25, 0.3) is 11.1 Å². The van der Waals surface area contributed by atoms with Gasteiger partial charge in [-0.2, -0.15) is 0 Å². The summed E-state index contributed by atoms with van der Waals surface area (Å²) in [5.74, 6) is -0.743. The largest absolute Gasteiger partial charge is 0.378 e. The van der Waals surface area contributed by atoms with Gasteiger partial charge in [0.25, 0.3) is 5.91 Å². The number of pyridine rings is 1. The van der Waals surface area contributed by atoms with E-state index in [0.717, 1.165) is 11.1 Å². The van der Waals surface area contributed by atoms with Crippen LogP contribution in [-0.2, 0) is 28.6 Å². The van der Waals surface area contributed by atoms with Gasteiger partial charge >= 0.3 is 0 Å². The van der Waals surface area contributed by atoms with Crippen LogP contribution in [0.1, 0.15) is 95.5 Å². The Kier molecular flexibility index (Phi) is 16.9. The fraction of sp³-hybridized carbons (Fsp3) is 0.579. The van der Waals surface area contributed by atoms with Crippen molar-refractivity contribution in [3.05, 3.63) is 53.9 Å². The molecule has 0 bridgehead atoms. The average molecular weight is 667 g/mol. The van der Waals surface area contributed by atoms with Crippen LogP contribution < -0.4 is 5.32 Å². The minimum Gasteiger partial charge on any atom is -0.378 e. The molecule has 0 radical (unpaired) electrons. The van der Waals surface area contributed by atoms with Crippen molar-refractivity contribution in [2.24, 2.45) is 23.7 Å². The van der Waals surface area contributed by atoms with Crippen LogP contribution in [0, 0.1) is 23.7 Å². The number of nitrogens with zero attached hydrogens (tertiary/aromatic N) is 1. The Labute approximate surface area is 285 Å². The maximum atomic E-state index is 13.6. The molecule has 0 saturated heterocycles. The summed E-state index contributed by atoms with van der Waals surface area (Å²) in [6, 6.07) is 10.6. The highest BCUT2D eigenvalue weighted by Gasteiger charge is 2.35. The first-order valence-corrected chi connectivity index (χ1v) is 16.9. The molecule has 1 heterocycles. The van der Waals surface area contributed by atoms with Gasteiger partial charge in [-0.15, -0.1) is 0 Å². The number of Topliss-reactive ketones (excluding diaryl/α,β-unsaturated/α-hetero) is 4. The van der Waals surface area contributed by atoms with E-state index in [9.17, 15) is 24.0 Å². The van der Waals surface area contributed by atoms with Crippen molar-refractivity contribution >= 4 is 29.0 Å². The van der Waals surface area contributed by atoms with Gasteiger partial charge in [0.2, 0.25) is 0 Å². The van der Waals surface area contributed by atoms with Gasteiger partial charge in [-0.1, -0.05) is 85.7 Å². The van der Waals surface area contributed by atoms with Gasteiger partial charge in [0, 0.05) is 60.3 Å². The number of benzene rings is 1. The molecule has 0 saturated carbocycles. The zero-order chi connectivity index (χ0) is 35.9. The zero-order valence-electron chi connectivity index (χ0n) is 29.9. The molecule has 10 nitrogen and oxygen atoms in total. The third-order valence-corrected chi connectivity index (χ3v) is 7.95. The Morgan fingerprint density at radius 2 is 1.02 bits per heavy atom. The lowest BCUT2D eigenvalue weighted by atomic mass is 9.98. The smallest absolute Gasteiger partial charge is 0.270 e. The van der Waals surface area contributed by atoms with Crippen molar-refractivity contribution in [2.75, 3.05) is 39.6 Å². The van der Waals surface area contributed by atoms with Crippen LogP contribution >= 0.6 is 0 Å². The van der Waals surface area contributed by atoms with Crippen molar-refractivity contribution in [1.82, 2.24) is 10.3 Å².